The normalized spacial score (nSPS) is 15.8. The Kier molecular flexibility index (Phi) is 6.62. The fourth-order valence-corrected chi connectivity index (χ4v) is 4.89. The fraction of sp³-hybridized carbons (Fsp3) is 0.241. The van der Waals surface area contributed by atoms with Gasteiger partial charge in [-0.25, -0.2) is 4.98 Å². The summed E-state index contributed by atoms with van der Waals surface area (Å²) in [4.78, 5) is 50.3. The number of carbonyl (C=O) groups excluding carboxylic acids is 3. The van der Waals surface area contributed by atoms with Crippen LogP contribution in [0.1, 0.15) is 38.8 Å². The molecule has 4 aromatic rings. The minimum Gasteiger partial charge on any atom is -0.345 e. The van der Waals surface area contributed by atoms with Gasteiger partial charge < -0.3 is 14.8 Å². The van der Waals surface area contributed by atoms with Gasteiger partial charge in [-0.15, -0.1) is 0 Å². The second kappa shape index (κ2) is 10.2. The first-order chi connectivity index (χ1) is 17.5. The van der Waals surface area contributed by atoms with Crippen molar-refractivity contribution >= 4 is 28.6 Å². The molecule has 7 heteroatoms. The SMILES string of the molecule is C[C@@H]1CN(C(=O)c2ccccc2)CCN1C(=O)C(=O)c1c[nH]c2nccc(CCc3ccccc3)c12. The number of fused-ring (bicyclic) bond motifs is 1. The minimum absolute atomic E-state index is 0.0633. The monoisotopic (exact) mass is 480 g/mol. The molecule has 5 rings (SSSR count). The summed E-state index contributed by atoms with van der Waals surface area (Å²) >= 11 is 0. The number of nitrogens with zero attached hydrogens (tertiary/aromatic N) is 3. The molecule has 182 valence electrons. The number of benzene rings is 2. The summed E-state index contributed by atoms with van der Waals surface area (Å²) in [6.07, 6.45) is 4.86. The standard InChI is InChI=1S/C29H28N4O3/c1-20-19-32(28(35)23-10-6-3-7-11-23)16-17-33(20)29(36)26(34)24-18-31-27-25(24)22(14-15-30-27)13-12-21-8-4-2-5-9-21/h2-11,14-15,18,20H,12-13,16-17,19H2,1H3,(H,30,31)/t20-/m1/s1. The second-order valence-corrected chi connectivity index (χ2v) is 9.18. The number of hydrogen-bond acceptors (Lipinski definition) is 4. The third-order valence-corrected chi connectivity index (χ3v) is 6.82. The van der Waals surface area contributed by atoms with Crippen LogP contribution in [0.4, 0.5) is 0 Å². The van der Waals surface area contributed by atoms with E-state index in [0.29, 0.717) is 41.8 Å². The van der Waals surface area contributed by atoms with Crippen molar-refractivity contribution in [3.63, 3.8) is 0 Å². The van der Waals surface area contributed by atoms with E-state index >= 15 is 0 Å². The van der Waals surface area contributed by atoms with Crippen LogP contribution in [0.2, 0.25) is 0 Å². The average molecular weight is 481 g/mol. The summed E-state index contributed by atoms with van der Waals surface area (Å²) in [5.74, 6) is -1.16. The Morgan fingerprint density at radius 3 is 2.39 bits per heavy atom. The molecule has 1 saturated heterocycles. The fourth-order valence-electron chi connectivity index (χ4n) is 4.89. The number of piperazine rings is 1. The lowest BCUT2D eigenvalue weighted by atomic mass is 9.99. The van der Waals surface area contributed by atoms with Gasteiger partial charge in [0.2, 0.25) is 0 Å². The number of rotatable bonds is 6. The molecule has 36 heavy (non-hydrogen) atoms. The number of carbonyl (C=O) groups is 3. The van der Waals surface area contributed by atoms with Gasteiger partial charge in [0.1, 0.15) is 5.65 Å². The summed E-state index contributed by atoms with van der Waals surface area (Å²) in [6, 6.07) is 20.9. The highest BCUT2D eigenvalue weighted by Gasteiger charge is 2.34. The summed E-state index contributed by atoms with van der Waals surface area (Å²) in [7, 11) is 0. The number of hydrogen-bond donors (Lipinski definition) is 1. The van der Waals surface area contributed by atoms with Gasteiger partial charge in [-0.2, -0.15) is 0 Å². The van der Waals surface area contributed by atoms with E-state index in [4.69, 9.17) is 0 Å². The molecule has 1 atom stereocenters. The predicted molar refractivity (Wildman–Crippen MR) is 138 cm³/mol. The van der Waals surface area contributed by atoms with E-state index < -0.39 is 11.7 Å². The molecule has 0 saturated carbocycles. The van der Waals surface area contributed by atoms with Crippen LogP contribution in [-0.2, 0) is 17.6 Å². The number of aromatic nitrogens is 2. The van der Waals surface area contributed by atoms with Crippen LogP contribution in [0.15, 0.2) is 79.1 Å². The molecule has 1 fully saturated rings. The van der Waals surface area contributed by atoms with E-state index in [2.05, 4.69) is 22.1 Å². The third kappa shape index (κ3) is 4.64. The molecular formula is C29H28N4O3. The van der Waals surface area contributed by atoms with E-state index in [1.54, 1.807) is 34.3 Å². The summed E-state index contributed by atoms with van der Waals surface area (Å²) < 4.78 is 0. The Morgan fingerprint density at radius 1 is 0.944 bits per heavy atom. The maximum absolute atomic E-state index is 13.4. The van der Waals surface area contributed by atoms with Crippen LogP contribution in [0, 0.1) is 0 Å². The Hall–Kier alpha value is -4.26. The van der Waals surface area contributed by atoms with E-state index in [-0.39, 0.29) is 11.9 Å². The second-order valence-electron chi connectivity index (χ2n) is 9.18. The molecule has 2 amide bonds. The quantitative estimate of drug-likeness (QED) is 0.335. The molecule has 0 unspecified atom stereocenters. The number of aryl methyl sites for hydroxylation is 2. The molecular weight excluding hydrogens is 452 g/mol. The minimum atomic E-state index is -0.551. The lowest BCUT2D eigenvalue weighted by Crippen LogP contribution is -2.56. The zero-order valence-corrected chi connectivity index (χ0v) is 20.2. The smallest absolute Gasteiger partial charge is 0.295 e. The Morgan fingerprint density at radius 2 is 1.67 bits per heavy atom. The summed E-state index contributed by atoms with van der Waals surface area (Å²) in [5.41, 5.74) is 3.75. The van der Waals surface area contributed by atoms with Crippen LogP contribution in [-0.4, -0.2) is 63.0 Å². The van der Waals surface area contributed by atoms with E-state index in [1.807, 2.05) is 49.4 Å². The molecule has 1 aliphatic rings. The van der Waals surface area contributed by atoms with Gasteiger partial charge in [0.05, 0.1) is 5.56 Å². The first-order valence-corrected chi connectivity index (χ1v) is 12.2. The van der Waals surface area contributed by atoms with E-state index in [0.717, 1.165) is 18.4 Å². The number of ketones is 1. The summed E-state index contributed by atoms with van der Waals surface area (Å²) in [6.45, 7) is 2.95. The highest BCUT2D eigenvalue weighted by atomic mass is 16.2. The van der Waals surface area contributed by atoms with Crippen LogP contribution in [0.5, 0.6) is 0 Å². The van der Waals surface area contributed by atoms with Crippen molar-refractivity contribution in [3.05, 3.63) is 101 Å². The van der Waals surface area contributed by atoms with Crippen molar-refractivity contribution in [1.29, 1.82) is 0 Å². The molecule has 2 aromatic heterocycles. The Balaban J connectivity index is 1.32. The highest BCUT2D eigenvalue weighted by Crippen LogP contribution is 2.24. The molecule has 1 N–H and O–H groups in total. The van der Waals surface area contributed by atoms with Crippen molar-refractivity contribution in [2.24, 2.45) is 0 Å². The van der Waals surface area contributed by atoms with E-state index in [1.165, 1.54) is 5.56 Å². The third-order valence-electron chi connectivity index (χ3n) is 6.82. The first-order valence-electron chi connectivity index (χ1n) is 12.2. The van der Waals surface area contributed by atoms with Crippen molar-refractivity contribution in [3.8, 4) is 0 Å². The zero-order chi connectivity index (χ0) is 25.1. The molecule has 1 aliphatic heterocycles. The van der Waals surface area contributed by atoms with Crippen LogP contribution in [0.25, 0.3) is 11.0 Å². The number of H-pyrrole nitrogens is 1. The van der Waals surface area contributed by atoms with Gasteiger partial charge >= 0.3 is 0 Å². The van der Waals surface area contributed by atoms with Crippen LogP contribution in [0.3, 0.4) is 0 Å². The van der Waals surface area contributed by atoms with Crippen molar-refractivity contribution in [2.75, 3.05) is 19.6 Å². The lowest BCUT2D eigenvalue weighted by molar-refractivity contribution is -0.130. The molecule has 0 radical (unpaired) electrons. The van der Waals surface area contributed by atoms with Gasteiger partial charge in [-0.3, -0.25) is 14.4 Å². The largest absolute Gasteiger partial charge is 0.345 e. The van der Waals surface area contributed by atoms with Gasteiger partial charge in [0, 0.05) is 49.0 Å². The maximum atomic E-state index is 13.4. The Bertz CT molecular complexity index is 1400. The number of aromatic amines is 1. The molecule has 7 nitrogen and oxygen atoms in total. The van der Waals surface area contributed by atoms with Gasteiger partial charge in [0.25, 0.3) is 17.6 Å². The van der Waals surface area contributed by atoms with Gasteiger partial charge in [-0.05, 0) is 49.1 Å². The molecule has 0 aliphatic carbocycles. The van der Waals surface area contributed by atoms with Crippen molar-refractivity contribution in [1.82, 2.24) is 19.8 Å². The lowest BCUT2D eigenvalue weighted by Gasteiger charge is -2.39. The number of Topliss-reactive ketones (excluding diaryl/α,β-unsaturated/α-hetero) is 1. The number of amides is 2. The van der Waals surface area contributed by atoms with Gasteiger partial charge in [-0.1, -0.05) is 48.5 Å². The van der Waals surface area contributed by atoms with E-state index in [9.17, 15) is 14.4 Å². The molecule has 0 spiro atoms. The molecule has 3 heterocycles. The first kappa shape index (κ1) is 23.5. The van der Waals surface area contributed by atoms with Crippen molar-refractivity contribution in [2.45, 2.75) is 25.8 Å². The topological polar surface area (TPSA) is 86.4 Å². The average Bonchev–Trinajstić information content (AvgIpc) is 3.36. The maximum Gasteiger partial charge on any atom is 0.295 e. The zero-order valence-electron chi connectivity index (χ0n) is 20.2. The number of nitrogens with one attached hydrogen (secondary N) is 1. The Labute approximate surface area is 209 Å². The van der Waals surface area contributed by atoms with Gasteiger partial charge in [0.15, 0.2) is 0 Å². The number of pyridine rings is 1. The summed E-state index contributed by atoms with van der Waals surface area (Å²) in [5, 5.41) is 0.706. The van der Waals surface area contributed by atoms with Crippen LogP contribution >= 0.6 is 0 Å². The highest BCUT2D eigenvalue weighted by molar-refractivity contribution is 6.45. The predicted octanol–water partition coefficient (Wildman–Crippen LogP) is 3.90. The molecule has 0 bridgehead atoms. The molecule has 2 aromatic carbocycles. The van der Waals surface area contributed by atoms with Crippen LogP contribution < -0.4 is 0 Å². The van der Waals surface area contributed by atoms with Crippen molar-refractivity contribution < 1.29 is 14.4 Å².